The maximum absolute atomic E-state index is 13.2. The van der Waals surface area contributed by atoms with Crippen molar-refractivity contribution in [2.75, 3.05) is 31.1 Å². The van der Waals surface area contributed by atoms with Crippen molar-refractivity contribution in [3.05, 3.63) is 65.1 Å². The number of hydrogen-bond donors (Lipinski definition) is 0. The van der Waals surface area contributed by atoms with E-state index in [0.717, 1.165) is 18.8 Å². The maximum atomic E-state index is 13.2. The first-order chi connectivity index (χ1) is 13.1. The van der Waals surface area contributed by atoms with Gasteiger partial charge in [-0.05, 0) is 13.0 Å². The number of carbonyl (C=O) groups is 1. The monoisotopic (exact) mass is 383 g/mol. The van der Waals surface area contributed by atoms with E-state index < -0.39 is 0 Å². The third-order valence-electron chi connectivity index (χ3n) is 4.84. The van der Waals surface area contributed by atoms with Crippen LogP contribution < -0.4 is 9.88 Å². The molecule has 138 valence electrons. The minimum atomic E-state index is -0.0651. The molecular formula is C20H20ClN4O2+. The Bertz CT molecular complexity index is 950. The number of aromatic amines is 1. The van der Waals surface area contributed by atoms with Crippen LogP contribution in [0.3, 0.4) is 0 Å². The Morgan fingerprint density at radius 3 is 2.52 bits per heavy atom. The fourth-order valence-electron chi connectivity index (χ4n) is 3.38. The number of benzene rings is 1. The molecule has 1 aliphatic rings. The highest BCUT2D eigenvalue weighted by Crippen LogP contribution is 2.32. The zero-order valence-corrected chi connectivity index (χ0v) is 15.7. The topological polar surface area (TPSA) is 63.7 Å². The average Bonchev–Trinajstić information content (AvgIpc) is 3.10. The number of amides is 1. The summed E-state index contributed by atoms with van der Waals surface area (Å²) in [5.74, 6) is 0.445. The molecule has 27 heavy (non-hydrogen) atoms. The van der Waals surface area contributed by atoms with Gasteiger partial charge in [-0.15, -0.1) is 0 Å². The summed E-state index contributed by atoms with van der Waals surface area (Å²) in [6.07, 6.45) is 3.81. The number of hydrogen-bond acceptors (Lipinski definition) is 4. The van der Waals surface area contributed by atoms with Crippen LogP contribution in [0, 0.1) is 6.92 Å². The van der Waals surface area contributed by atoms with Gasteiger partial charge in [0, 0.05) is 49.6 Å². The number of carbonyl (C=O) groups excluding carboxylic acids is 1. The van der Waals surface area contributed by atoms with Gasteiger partial charge in [0.1, 0.15) is 17.0 Å². The number of rotatable bonds is 3. The molecule has 0 saturated carbocycles. The van der Waals surface area contributed by atoms with Crippen molar-refractivity contribution in [2.45, 2.75) is 6.92 Å². The van der Waals surface area contributed by atoms with E-state index >= 15 is 0 Å². The molecule has 6 nitrogen and oxygen atoms in total. The molecule has 1 aliphatic heterocycles. The van der Waals surface area contributed by atoms with Gasteiger partial charge in [-0.2, -0.15) is 0 Å². The van der Waals surface area contributed by atoms with Crippen LogP contribution in [0.15, 0.2) is 53.3 Å². The van der Waals surface area contributed by atoms with Gasteiger partial charge < -0.3 is 14.3 Å². The molecule has 7 heteroatoms. The van der Waals surface area contributed by atoms with E-state index in [4.69, 9.17) is 16.1 Å². The highest BCUT2D eigenvalue weighted by molar-refractivity contribution is 6.33. The summed E-state index contributed by atoms with van der Waals surface area (Å²) in [6, 6.07) is 11.4. The van der Waals surface area contributed by atoms with Crippen molar-refractivity contribution in [3.63, 3.8) is 0 Å². The quantitative estimate of drug-likeness (QED) is 0.697. The molecule has 1 amide bonds. The van der Waals surface area contributed by atoms with Gasteiger partial charge in [-0.3, -0.25) is 4.79 Å². The minimum Gasteiger partial charge on any atom is -0.368 e. The zero-order valence-electron chi connectivity index (χ0n) is 15.0. The minimum absolute atomic E-state index is 0.0651. The van der Waals surface area contributed by atoms with Crippen LogP contribution in [0.1, 0.15) is 16.1 Å². The molecule has 0 bridgehead atoms. The Kier molecular flexibility index (Phi) is 4.81. The van der Waals surface area contributed by atoms with E-state index in [-0.39, 0.29) is 5.91 Å². The zero-order chi connectivity index (χ0) is 18.8. The van der Waals surface area contributed by atoms with Gasteiger partial charge in [0.15, 0.2) is 12.4 Å². The Morgan fingerprint density at radius 1 is 1.11 bits per heavy atom. The van der Waals surface area contributed by atoms with Crippen LogP contribution >= 0.6 is 11.6 Å². The fourth-order valence-corrected chi connectivity index (χ4v) is 3.60. The first-order valence-electron chi connectivity index (χ1n) is 8.86. The van der Waals surface area contributed by atoms with Crippen molar-refractivity contribution in [1.82, 2.24) is 10.1 Å². The summed E-state index contributed by atoms with van der Waals surface area (Å²) in [4.78, 5) is 20.3. The molecule has 4 rings (SSSR count). The van der Waals surface area contributed by atoms with Gasteiger partial charge in [0.05, 0.1) is 5.02 Å². The largest absolute Gasteiger partial charge is 0.368 e. The van der Waals surface area contributed by atoms with Crippen LogP contribution in [0.5, 0.6) is 0 Å². The Balaban J connectivity index is 1.55. The van der Waals surface area contributed by atoms with Crippen LogP contribution in [-0.4, -0.2) is 42.1 Å². The molecule has 3 aromatic rings. The molecule has 1 N–H and O–H groups in total. The lowest BCUT2D eigenvalue weighted by Gasteiger charge is -2.35. The molecule has 0 spiro atoms. The number of aryl methyl sites for hydroxylation is 1. The number of H-pyrrole nitrogens is 1. The van der Waals surface area contributed by atoms with E-state index in [2.05, 4.69) is 15.0 Å². The van der Waals surface area contributed by atoms with E-state index in [0.29, 0.717) is 40.7 Å². The SMILES string of the molecule is Cc1onc(-c2ccccc2Cl)c1C(=O)N1CCN(c2cc[nH+]cc2)CC1. The third kappa shape index (κ3) is 3.40. The second-order valence-corrected chi connectivity index (χ2v) is 6.89. The first-order valence-corrected chi connectivity index (χ1v) is 9.24. The van der Waals surface area contributed by atoms with E-state index in [1.165, 1.54) is 0 Å². The molecule has 0 radical (unpaired) electrons. The van der Waals surface area contributed by atoms with Crippen molar-refractivity contribution >= 4 is 23.2 Å². The third-order valence-corrected chi connectivity index (χ3v) is 5.17. The summed E-state index contributed by atoms with van der Waals surface area (Å²) in [7, 11) is 0. The molecule has 0 unspecified atom stereocenters. The summed E-state index contributed by atoms with van der Waals surface area (Å²) in [5.41, 5.74) is 2.85. The smallest absolute Gasteiger partial charge is 0.259 e. The number of halogens is 1. The Morgan fingerprint density at radius 2 is 1.81 bits per heavy atom. The molecule has 1 fully saturated rings. The number of nitrogens with one attached hydrogen (secondary N) is 1. The molecule has 3 heterocycles. The molecule has 1 saturated heterocycles. The Labute approximate surface area is 162 Å². The lowest BCUT2D eigenvalue weighted by Crippen LogP contribution is -2.49. The number of pyridine rings is 1. The average molecular weight is 384 g/mol. The van der Waals surface area contributed by atoms with E-state index in [1.807, 2.05) is 47.6 Å². The van der Waals surface area contributed by atoms with E-state index in [9.17, 15) is 4.79 Å². The second-order valence-electron chi connectivity index (χ2n) is 6.48. The molecule has 2 aromatic heterocycles. The lowest BCUT2D eigenvalue weighted by atomic mass is 10.0. The predicted molar refractivity (Wildman–Crippen MR) is 103 cm³/mol. The summed E-state index contributed by atoms with van der Waals surface area (Å²) in [6.45, 7) is 4.61. The van der Waals surface area contributed by atoms with Crippen LogP contribution in [0.2, 0.25) is 5.02 Å². The number of anilines is 1. The van der Waals surface area contributed by atoms with Crippen LogP contribution in [0.25, 0.3) is 11.3 Å². The summed E-state index contributed by atoms with van der Waals surface area (Å²) in [5, 5.41) is 4.65. The summed E-state index contributed by atoms with van der Waals surface area (Å²) >= 11 is 6.30. The second kappa shape index (κ2) is 7.40. The van der Waals surface area contributed by atoms with Crippen molar-refractivity contribution in [2.24, 2.45) is 0 Å². The van der Waals surface area contributed by atoms with Crippen molar-refractivity contribution < 1.29 is 14.3 Å². The maximum Gasteiger partial charge on any atom is 0.259 e. The van der Waals surface area contributed by atoms with Crippen LogP contribution in [0.4, 0.5) is 5.69 Å². The highest BCUT2D eigenvalue weighted by atomic mass is 35.5. The normalized spacial score (nSPS) is 14.4. The van der Waals surface area contributed by atoms with Crippen molar-refractivity contribution in [1.29, 1.82) is 0 Å². The van der Waals surface area contributed by atoms with Crippen molar-refractivity contribution in [3.8, 4) is 11.3 Å². The number of aromatic nitrogens is 2. The van der Waals surface area contributed by atoms with Gasteiger partial charge in [0.2, 0.25) is 0 Å². The molecule has 0 aliphatic carbocycles. The lowest BCUT2D eigenvalue weighted by molar-refractivity contribution is -0.377. The molecular weight excluding hydrogens is 364 g/mol. The fraction of sp³-hybridized carbons (Fsp3) is 0.250. The van der Waals surface area contributed by atoms with Gasteiger partial charge >= 0.3 is 0 Å². The van der Waals surface area contributed by atoms with Gasteiger partial charge in [-0.25, -0.2) is 4.98 Å². The highest BCUT2D eigenvalue weighted by Gasteiger charge is 2.29. The number of nitrogens with zero attached hydrogens (tertiary/aromatic N) is 3. The molecule has 1 aromatic carbocycles. The number of piperazine rings is 1. The van der Waals surface area contributed by atoms with Crippen LogP contribution in [-0.2, 0) is 0 Å². The summed E-state index contributed by atoms with van der Waals surface area (Å²) < 4.78 is 5.34. The van der Waals surface area contributed by atoms with Gasteiger partial charge in [-0.1, -0.05) is 35.0 Å². The first kappa shape index (κ1) is 17.5. The molecule has 0 atom stereocenters. The standard InChI is InChI=1S/C20H19ClN4O2/c1-14-18(19(23-27-14)16-4-2-3-5-17(16)21)20(26)25-12-10-24(11-13-25)15-6-8-22-9-7-15/h2-9H,10-13H2,1H3/p+1. The predicted octanol–water partition coefficient (Wildman–Crippen LogP) is 3.08. The Hall–Kier alpha value is -2.86. The van der Waals surface area contributed by atoms with Gasteiger partial charge in [0.25, 0.3) is 5.91 Å². The van der Waals surface area contributed by atoms with E-state index in [1.54, 1.807) is 13.0 Å².